The van der Waals surface area contributed by atoms with Gasteiger partial charge in [-0.1, -0.05) is 18.2 Å². The quantitative estimate of drug-likeness (QED) is 0.328. The number of fused-ring (bicyclic) bond motifs is 1. The van der Waals surface area contributed by atoms with E-state index >= 15 is 0 Å². The van der Waals surface area contributed by atoms with E-state index in [0.29, 0.717) is 29.8 Å². The molecule has 0 bridgehead atoms. The van der Waals surface area contributed by atoms with Gasteiger partial charge in [-0.3, -0.25) is 4.68 Å². The van der Waals surface area contributed by atoms with Gasteiger partial charge in [-0.25, -0.2) is 18.9 Å². The Balaban J connectivity index is 1.18. The summed E-state index contributed by atoms with van der Waals surface area (Å²) in [6.07, 6.45) is 14.6. The fourth-order valence-corrected chi connectivity index (χ4v) is 4.48. The van der Waals surface area contributed by atoms with E-state index in [1.54, 1.807) is 27.5 Å². The van der Waals surface area contributed by atoms with Crippen molar-refractivity contribution >= 4 is 34.9 Å². The Morgan fingerprint density at radius 1 is 1.06 bits per heavy atom. The molecule has 174 valence electrons. The SMILES string of the molecule is Cn1cc(-c2cc3c(NCCNc4ncc(SC5C=CC=CC5F)c(N)n4)ncnn3c2)cn1. The van der Waals surface area contributed by atoms with Crippen molar-refractivity contribution in [2.24, 2.45) is 7.05 Å². The third-order valence-corrected chi connectivity index (χ3v) is 6.47. The number of nitrogens with zero attached hydrogens (tertiary/aromatic N) is 7. The predicted octanol–water partition coefficient (Wildman–Crippen LogP) is 2.95. The van der Waals surface area contributed by atoms with Crippen molar-refractivity contribution in [1.29, 1.82) is 0 Å². The lowest BCUT2D eigenvalue weighted by Gasteiger charge is -2.17. The number of rotatable bonds is 8. The Bertz CT molecular complexity index is 1360. The highest BCUT2D eigenvalue weighted by Crippen LogP contribution is 2.32. The summed E-state index contributed by atoms with van der Waals surface area (Å²) in [5.74, 6) is 1.45. The molecule has 1 aliphatic carbocycles. The van der Waals surface area contributed by atoms with Crippen LogP contribution in [0.5, 0.6) is 0 Å². The number of nitrogen functional groups attached to an aromatic ring is 1. The molecule has 4 aromatic rings. The summed E-state index contributed by atoms with van der Waals surface area (Å²) in [4.78, 5) is 13.6. The lowest BCUT2D eigenvalue weighted by molar-refractivity contribution is 0.408. The molecule has 1 aliphatic rings. The summed E-state index contributed by atoms with van der Waals surface area (Å²) in [6.45, 7) is 1.11. The smallest absolute Gasteiger partial charge is 0.224 e. The van der Waals surface area contributed by atoms with E-state index in [2.05, 4.69) is 35.8 Å². The number of anilines is 3. The fraction of sp³-hybridized carbons (Fsp3) is 0.227. The van der Waals surface area contributed by atoms with E-state index in [1.807, 2.05) is 37.8 Å². The van der Waals surface area contributed by atoms with Crippen LogP contribution in [0.3, 0.4) is 0 Å². The largest absolute Gasteiger partial charge is 0.383 e. The topological polar surface area (TPSA) is 124 Å². The molecule has 0 aliphatic heterocycles. The van der Waals surface area contributed by atoms with Gasteiger partial charge in [0.25, 0.3) is 0 Å². The summed E-state index contributed by atoms with van der Waals surface area (Å²) in [7, 11) is 1.88. The molecular weight excluding hydrogens is 455 g/mol. The lowest BCUT2D eigenvalue weighted by Crippen LogP contribution is -2.17. The highest BCUT2D eigenvalue weighted by atomic mass is 32.2. The molecule has 4 N–H and O–H groups in total. The zero-order valence-electron chi connectivity index (χ0n) is 18.3. The van der Waals surface area contributed by atoms with Gasteiger partial charge in [0, 0.05) is 49.9 Å². The number of nitrogens with two attached hydrogens (primary N) is 1. The molecule has 2 atom stereocenters. The maximum absolute atomic E-state index is 14.0. The number of hydrogen-bond donors (Lipinski definition) is 3. The van der Waals surface area contributed by atoms with Crippen molar-refractivity contribution in [3.63, 3.8) is 0 Å². The number of allylic oxidation sites excluding steroid dienone is 3. The van der Waals surface area contributed by atoms with Gasteiger partial charge in [0.15, 0.2) is 5.82 Å². The summed E-state index contributed by atoms with van der Waals surface area (Å²) >= 11 is 1.31. The van der Waals surface area contributed by atoms with Crippen LogP contribution >= 0.6 is 11.8 Å². The molecule has 0 saturated carbocycles. The van der Waals surface area contributed by atoms with Crippen molar-refractivity contribution in [1.82, 2.24) is 34.3 Å². The minimum Gasteiger partial charge on any atom is -0.383 e. The van der Waals surface area contributed by atoms with Crippen molar-refractivity contribution in [3.05, 3.63) is 61.5 Å². The average Bonchev–Trinajstić information content (AvgIpc) is 3.46. The van der Waals surface area contributed by atoms with Gasteiger partial charge in [-0.2, -0.15) is 15.2 Å². The van der Waals surface area contributed by atoms with Crippen LogP contribution in [0.15, 0.2) is 66.4 Å². The monoisotopic (exact) mass is 478 g/mol. The second-order valence-electron chi connectivity index (χ2n) is 7.66. The number of hydrogen-bond acceptors (Lipinski definition) is 9. The standard InChI is InChI=1S/C22H23FN10S/c1-32-11-15(9-29-32)14-8-17-21(28-13-30-33(17)12-14)25-6-7-26-22-27-10-19(20(24)31-22)34-18-5-3-2-4-16(18)23/h2-5,8-13,16,18H,6-7H2,1H3,(H,25,28,30)(H3,24,26,27,31). The molecule has 5 rings (SSSR count). The Hall–Kier alpha value is -3.93. The molecule has 4 aromatic heterocycles. The number of thioether (sulfide) groups is 1. The van der Waals surface area contributed by atoms with Crippen LogP contribution in [0.25, 0.3) is 16.6 Å². The van der Waals surface area contributed by atoms with E-state index in [-0.39, 0.29) is 5.25 Å². The number of aryl methyl sites for hydroxylation is 1. The number of nitrogens with one attached hydrogen (secondary N) is 2. The maximum atomic E-state index is 14.0. The zero-order valence-corrected chi connectivity index (χ0v) is 19.2. The van der Waals surface area contributed by atoms with Crippen LogP contribution in [0, 0.1) is 0 Å². The van der Waals surface area contributed by atoms with E-state index in [1.165, 1.54) is 24.2 Å². The number of alkyl halides is 1. The normalized spacial score (nSPS) is 17.4. The fourth-order valence-electron chi connectivity index (χ4n) is 3.52. The Morgan fingerprint density at radius 2 is 1.91 bits per heavy atom. The van der Waals surface area contributed by atoms with Gasteiger partial charge >= 0.3 is 0 Å². The summed E-state index contributed by atoms with van der Waals surface area (Å²) in [6, 6.07) is 2.02. The third-order valence-electron chi connectivity index (χ3n) is 5.21. The van der Waals surface area contributed by atoms with Crippen molar-refractivity contribution in [2.45, 2.75) is 16.3 Å². The van der Waals surface area contributed by atoms with E-state index in [9.17, 15) is 4.39 Å². The van der Waals surface area contributed by atoms with E-state index in [0.717, 1.165) is 22.5 Å². The highest BCUT2D eigenvalue weighted by Gasteiger charge is 2.20. The van der Waals surface area contributed by atoms with Crippen LogP contribution < -0.4 is 16.4 Å². The summed E-state index contributed by atoms with van der Waals surface area (Å²) in [5.41, 5.74) is 8.96. The maximum Gasteiger partial charge on any atom is 0.224 e. The first-order valence-corrected chi connectivity index (χ1v) is 11.5. The van der Waals surface area contributed by atoms with Crippen LogP contribution in [-0.4, -0.2) is 58.9 Å². The zero-order chi connectivity index (χ0) is 23.5. The Labute approximate surface area is 199 Å². The van der Waals surface area contributed by atoms with Gasteiger partial charge in [0.1, 0.15) is 23.8 Å². The number of aromatic nitrogens is 7. The van der Waals surface area contributed by atoms with Gasteiger partial charge in [0.05, 0.1) is 16.3 Å². The van der Waals surface area contributed by atoms with Gasteiger partial charge in [0.2, 0.25) is 5.95 Å². The second kappa shape index (κ2) is 9.51. The first kappa shape index (κ1) is 21.9. The molecule has 12 heteroatoms. The second-order valence-corrected chi connectivity index (χ2v) is 8.88. The van der Waals surface area contributed by atoms with Gasteiger partial charge in [-0.05, 0) is 12.1 Å². The molecule has 0 spiro atoms. The van der Waals surface area contributed by atoms with Gasteiger partial charge in [-0.15, -0.1) is 11.8 Å². The van der Waals surface area contributed by atoms with Crippen LogP contribution in [0.4, 0.5) is 22.0 Å². The van der Waals surface area contributed by atoms with E-state index < -0.39 is 6.17 Å². The van der Waals surface area contributed by atoms with Crippen LogP contribution in [0.1, 0.15) is 0 Å². The van der Waals surface area contributed by atoms with Gasteiger partial charge < -0.3 is 16.4 Å². The molecule has 0 amide bonds. The highest BCUT2D eigenvalue weighted by molar-refractivity contribution is 8.00. The minimum absolute atomic E-state index is 0.319. The molecule has 0 aromatic carbocycles. The van der Waals surface area contributed by atoms with Crippen molar-refractivity contribution in [3.8, 4) is 11.1 Å². The first-order chi connectivity index (χ1) is 16.6. The van der Waals surface area contributed by atoms with E-state index in [4.69, 9.17) is 5.73 Å². The first-order valence-electron chi connectivity index (χ1n) is 10.7. The summed E-state index contributed by atoms with van der Waals surface area (Å²) in [5, 5.41) is 14.6. The van der Waals surface area contributed by atoms with Crippen molar-refractivity contribution in [2.75, 3.05) is 29.5 Å². The summed E-state index contributed by atoms with van der Waals surface area (Å²) < 4.78 is 17.5. The van der Waals surface area contributed by atoms with Crippen molar-refractivity contribution < 1.29 is 4.39 Å². The Morgan fingerprint density at radius 3 is 2.71 bits per heavy atom. The number of halogens is 1. The molecule has 0 radical (unpaired) electrons. The molecule has 34 heavy (non-hydrogen) atoms. The molecule has 10 nitrogen and oxygen atoms in total. The lowest BCUT2D eigenvalue weighted by atomic mass is 10.2. The molecular formula is C22H23FN10S. The molecule has 2 unspecified atom stereocenters. The molecule has 4 heterocycles. The van der Waals surface area contributed by atoms with Crippen LogP contribution in [0.2, 0.25) is 0 Å². The average molecular weight is 479 g/mol. The Kier molecular flexibility index (Phi) is 6.12. The van der Waals surface area contributed by atoms with Crippen LogP contribution in [-0.2, 0) is 7.05 Å². The molecule has 0 fully saturated rings. The molecule has 0 saturated heterocycles. The predicted molar refractivity (Wildman–Crippen MR) is 131 cm³/mol. The third kappa shape index (κ3) is 4.71. The minimum atomic E-state index is -1.06.